The van der Waals surface area contributed by atoms with Gasteiger partial charge in [0.15, 0.2) is 10.7 Å². The molecule has 0 aromatic carbocycles. The summed E-state index contributed by atoms with van der Waals surface area (Å²) in [5.74, 6) is -1.50. The van der Waals surface area contributed by atoms with E-state index in [1.807, 2.05) is 0 Å². The molecule has 0 fully saturated rings. The fourth-order valence-electron chi connectivity index (χ4n) is 1.35. The summed E-state index contributed by atoms with van der Waals surface area (Å²) in [5, 5.41) is 20.3. The van der Waals surface area contributed by atoms with Crippen molar-refractivity contribution in [1.82, 2.24) is 25.3 Å². The summed E-state index contributed by atoms with van der Waals surface area (Å²) in [5.41, 5.74) is -0.113. The van der Waals surface area contributed by atoms with E-state index < -0.39 is 5.97 Å². The van der Waals surface area contributed by atoms with E-state index in [1.165, 1.54) is 5.38 Å². The number of aromatic carboxylic acids is 1. The van der Waals surface area contributed by atoms with Crippen molar-refractivity contribution in [3.63, 3.8) is 0 Å². The Morgan fingerprint density at radius 2 is 2.32 bits per heavy atom. The first-order valence-electron chi connectivity index (χ1n) is 5.48. The quantitative estimate of drug-likeness (QED) is 0.734. The highest BCUT2D eigenvalue weighted by atomic mass is 32.1. The summed E-state index contributed by atoms with van der Waals surface area (Å²) >= 11 is 1.01. The van der Waals surface area contributed by atoms with E-state index in [0.717, 1.165) is 11.3 Å². The van der Waals surface area contributed by atoms with Crippen LogP contribution in [0.1, 0.15) is 26.7 Å². The van der Waals surface area contributed by atoms with Gasteiger partial charge in [-0.2, -0.15) is 0 Å². The minimum absolute atomic E-state index is 0.113. The molecule has 0 aliphatic heterocycles. The summed E-state index contributed by atoms with van der Waals surface area (Å²) in [7, 11) is 0. The van der Waals surface area contributed by atoms with Crippen LogP contribution in [0.4, 0.5) is 0 Å². The van der Waals surface area contributed by atoms with Crippen LogP contribution in [0.25, 0.3) is 0 Å². The fraction of sp³-hybridized carbons (Fsp3) is 0.300. The van der Waals surface area contributed by atoms with Crippen LogP contribution in [0.2, 0.25) is 0 Å². The van der Waals surface area contributed by atoms with Gasteiger partial charge < -0.3 is 10.4 Å². The van der Waals surface area contributed by atoms with E-state index in [9.17, 15) is 9.59 Å². The zero-order valence-corrected chi connectivity index (χ0v) is 10.6. The minimum atomic E-state index is -1.14. The number of nitrogens with zero attached hydrogens (tertiary/aromatic N) is 4. The van der Waals surface area contributed by atoms with E-state index in [2.05, 4.69) is 20.6 Å². The molecular formula is C10H11N5O3S. The average Bonchev–Trinajstić information content (AvgIpc) is 3.05. The van der Waals surface area contributed by atoms with Crippen molar-refractivity contribution < 1.29 is 14.7 Å². The van der Waals surface area contributed by atoms with E-state index in [4.69, 9.17) is 5.11 Å². The minimum Gasteiger partial charge on any atom is -0.476 e. The number of carboxylic acid groups (broad SMARTS) is 1. The maximum Gasteiger partial charge on any atom is 0.355 e. The molecule has 100 valence electrons. The van der Waals surface area contributed by atoms with Gasteiger partial charge in [0, 0.05) is 24.7 Å². The predicted octanol–water partition coefficient (Wildman–Crippen LogP) is 0.253. The highest BCUT2D eigenvalue weighted by Crippen LogP contribution is 2.09. The van der Waals surface area contributed by atoms with Gasteiger partial charge in [0.2, 0.25) is 0 Å². The average molecular weight is 281 g/mol. The molecule has 2 rings (SSSR count). The lowest BCUT2D eigenvalue weighted by molar-refractivity contribution is 0.0691. The highest BCUT2D eigenvalue weighted by molar-refractivity contribution is 7.11. The number of hydrogen-bond donors (Lipinski definition) is 2. The number of hydrogen-bond acceptors (Lipinski definition) is 6. The Balaban J connectivity index is 1.76. The van der Waals surface area contributed by atoms with Crippen molar-refractivity contribution in [2.75, 3.05) is 6.54 Å². The zero-order chi connectivity index (χ0) is 13.7. The lowest BCUT2D eigenvalue weighted by atomic mass is 10.4. The van der Waals surface area contributed by atoms with E-state index >= 15 is 0 Å². The second-order valence-electron chi connectivity index (χ2n) is 3.62. The SMILES string of the molecule is O=C(O)c1csc(C(=O)NCCCn2ccnn2)n1. The molecule has 9 heteroatoms. The van der Waals surface area contributed by atoms with E-state index in [-0.39, 0.29) is 16.6 Å². The number of amides is 1. The third kappa shape index (κ3) is 3.58. The van der Waals surface area contributed by atoms with Crippen LogP contribution >= 0.6 is 11.3 Å². The van der Waals surface area contributed by atoms with Crippen LogP contribution in [0.5, 0.6) is 0 Å². The maximum absolute atomic E-state index is 11.7. The van der Waals surface area contributed by atoms with Crippen molar-refractivity contribution in [1.29, 1.82) is 0 Å². The highest BCUT2D eigenvalue weighted by Gasteiger charge is 2.13. The molecule has 2 aromatic heterocycles. The molecule has 0 saturated carbocycles. The van der Waals surface area contributed by atoms with Crippen LogP contribution in [0, 0.1) is 0 Å². The van der Waals surface area contributed by atoms with Crippen LogP contribution in [0.3, 0.4) is 0 Å². The number of aryl methyl sites for hydroxylation is 1. The third-order valence-electron chi connectivity index (χ3n) is 2.24. The standard InChI is InChI=1S/C10H11N5O3S/c16-8(9-13-7(6-19-9)10(17)18)11-2-1-4-15-5-3-12-14-15/h3,5-6H,1-2,4H2,(H,11,16)(H,17,18). The maximum atomic E-state index is 11.7. The molecule has 2 N–H and O–H groups in total. The summed E-state index contributed by atoms with van der Waals surface area (Å²) in [4.78, 5) is 26.0. The van der Waals surface area contributed by atoms with Crippen LogP contribution in [-0.2, 0) is 6.54 Å². The Kier molecular flexibility index (Phi) is 4.18. The van der Waals surface area contributed by atoms with Crippen molar-refractivity contribution in [2.45, 2.75) is 13.0 Å². The Morgan fingerprint density at radius 3 is 2.95 bits per heavy atom. The molecule has 8 nitrogen and oxygen atoms in total. The van der Waals surface area contributed by atoms with Gasteiger partial charge in [-0.25, -0.2) is 9.78 Å². The Morgan fingerprint density at radius 1 is 1.47 bits per heavy atom. The van der Waals surface area contributed by atoms with E-state index in [1.54, 1.807) is 17.1 Å². The largest absolute Gasteiger partial charge is 0.476 e. The Labute approximate surface area is 112 Å². The topological polar surface area (TPSA) is 110 Å². The molecule has 0 unspecified atom stereocenters. The number of aromatic nitrogens is 4. The molecule has 0 aliphatic carbocycles. The zero-order valence-electron chi connectivity index (χ0n) is 9.81. The van der Waals surface area contributed by atoms with Gasteiger partial charge in [-0.3, -0.25) is 9.48 Å². The molecular weight excluding hydrogens is 270 g/mol. The number of carbonyl (C=O) groups excluding carboxylic acids is 1. The van der Waals surface area contributed by atoms with Gasteiger partial charge in [0.1, 0.15) is 0 Å². The van der Waals surface area contributed by atoms with Gasteiger partial charge in [-0.15, -0.1) is 16.4 Å². The molecule has 2 heterocycles. The van der Waals surface area contributed by atoms with Crippen molar-refractivity contribution in [3.05, 3.63) is 28.5 Å². The van der Waals surface area contributed by atoms with Crippen molar-refractivity contribution >= 4 is 23.2 Å². The van der Waals surface area contributed by atoms with Crippen LogP contribution in [-0.4, -0.2) is 43.5 Å². The molecule has 0 atom stereocenters. The first kappa shape index (κ1) is 13.1. The first-order valence-corrected chi connectivity index (χ1v) is 6.36. The second kappa shape index (κ2) is 6.05. The fourth-order valence-corrected chi connectivity index (χ4v) is 2.05. The Hall–Kier alpha value is -2.29. The summed E-state index contributed by atoms with van der Waals surface area (Å²) in [6, 6.07) is 0. The van der Waals surface area contributed by atoms with Crippen molar-refractivity contribution in [3.8, 4) is 0 Å². The second-order valence-corrected chi connectivity index (χ2v) is 4.48. The third-order valence-corrected chi connectivity index (χ3v) is 3.08. The van der Waals surface area contributed by atoms with Gasteiger partial charge in [-0.1, -0.05) is 5.21 Å². The summed E-state index contributed by atoms with van der Waals surface area (Å²) in [6.07, 6.45) is 4.02. The first-order chi connectivity index (χ1) is 9.16. The number of thiazole rings is 1. The number of carboxylic acids is 1. The van der Waals surface area contributed by atoms with Crippen LogP contribution in [0.15, 0.2) is 17.8 Å². The lowest BCUT2D eigenvalue weighted by Crippen LogP contribution is -2.25. The summed E-state index contributed by atoms with van der Waals surface area (Å²) < 4.78 is 1.66. The molecule has 0 radical (unpaired) electrons. The van der Waals surface area contributed by atoms with E-state index in [0.29, 0.717) is 19.5 Å². The van der Waals surface area contributed by atoms with Gasteiger partial charge in [0.05, 0.1) is 6.20 Å². The van der Waals surface area contributed by atoms with Gasteiger partial charge in [0.25, 0.3) is 5.91 Å². The number of rotatable bonds is 6. The molecule has 0 aliphatic rings. The van der Waals surface area contributed by atoms with Crippen LogP contribution < -0.4 is 5.32 Å². The smallest absolute Gasteiger partial charge is 0.355 e. The molecule has 2 aromatic rings. The lowest BCUT2D eigenvalue weighted by Gasteiger charge is -2.02. The van der Waals surface area contributed by atoms with Gasteiger partial charge >= 0.3 is 5.97 Å². The monoisotopic (exact) mass is 281 g/mol. The molecule has 0 bridgehead atoms. The normalized spacial score (nSPS) is 10.3. The molecule has 1 amide bonds. The number of carbonyl (C=O) groups is 2. The summed E-state index contributed by atoms with van der Waals surface area (Å²) in [6.45, 7) is 1.11. The Bertz CT molecular complexity index is 565. The molecule has 0 saturated heterocycles. The molecule has 19 heavy (non-hydrogen) atoms. The molecule has 0 spiro atoms. The van der Waals surface area contributed by atoms with Gasteiger partial charge in [-0.05, 0) is 6.42 Å². The number of nitrogens with one attached hydrogen (secondary N) is 1. The predicted molar refractivity (Wildman–Crippen MR) is 66.0 cm³/mol. The van der Waals surface area contributed by atoms with Crippen molar-refractivity contribution in [2.24, 2.45) is 0 Å².